The third-order valence-corrected chi connectivity index (χ3v) is 3.72. The van der Waals surface area contributed by atoms with E-state index in [0.717, 1.165) is 12.2 Å². The number of nitro benzene ring substituents is 1. The van der Waals surface area contributed by atoms with E-state index in [2.05, 4.69) is 15.6 Å². The van der Waals surface area contributed by atoms with Gasteiger partial charge in [0.15, 0.2) is 5.96 Å². The molecule has 0 spiro atoms. The molecule has 0 saturated heterocycles. The molecule has 0 atom stereocenters. The minimum atomic E-state index is -0.378. The van der Waals surface area contributed by atoms with Crippen LogP contribution >= 0.6 is 0 Å². The number of benzene rings is 2. The minimum absolute atomic E-state index is 0.101. The summed E-state index contributed by atoms with van der Waals surface area (Å²) in [6.07, 6.45) is 0.830. The fraction of sp³-hybridized carbons (Fsp3) is 0.278. The molecule has 132 valence electrons. The zero-order chi connectivity index (χ0) is 18.1. The molecule has 0 aromatic heterocycles. The maximum Gasteiger partial charge on any atom is 0.274 e. The van der Waals surface area contributed by atoms with Crippen molar-refractivity contribution in [1.82, 2.24) is 10.6 Å². The van der Waals surface area contributed by atoms with Crippen LogP contribution in [0, 0.1) is 10.1 Å². The Bertz CT molecular complexity index is 729. The predicted octanol–water partition coefficient (Wildman–Crippen LogP) is 2.51. The molecule has 0 aliphatic carbocycles. The van der Waals surface area contributed by atoms with E-state index in [-0.39, 0.29) is 10.6 Å². The van der Waals surface area contributed by atoms with E-state index in [1.165, 1.54) is 11.6 Å². The van der Waals surface area contributed by atoms with E-state index in [4.69, 9.17) is 4.74 Å². The van der Waals surface area contributed by atoms with Crippen LogP contribution in [0.2, 0.25) is 0 Å². The lowest BCUT2D eigenvalue weighted by Crippen LogP contribution is -2.37. The van der Waals surface area contributed by atoms with Crippen molar-refractivity contribution in [3.63, 3.8) is 0 Å². The lowest BCUT2D eigenvalue weighted by atomic mass is 10.1. The molecule has 0 bridgehead atoms. The van der Waals surface area contributed by atoms with E-state index in [1.54, 1.807) is 32.4 Å². The van der Waals surface area contributed by atoms with E-state index < -0.39 is 0 Å². The predicted molar refractivity (Wildman–Crippen MR) is 98.0 cm³/mol. The summed E-state index contributed by atoms with van der Waals surface area (Å²) in [6.45, 7) is 1.03. The molecule has 2 aromatic carbocycles. The number of methoxy groups -OCH3 is 1. The fourth-order valence-corrected chi connectivity index (χ4v) is 2.36. The first-order valence-corrected chi connectivity index (χ1v) is 7.93. The van der Waals surface area contributed by atoms with Crippen LogP contribution in [0.1, 0.15) is 11.1 Å². The zero-order valence-electron chi connectivity index (χ0n) is 14.4. The molecular weight excluding hydrogens is 320 g/mol. The van der Waals surface area contributed by atoms with Gasteiger partial charge in [0.05, 0.1) is 12.0 Å². The van der Waals surface area contributed by atoms with Gasteiger partial charge in [-0.25, -0.2) is 0 Å². The van der Waals surface area contributed by atoms with Gasteiger partial charge in [-0.05, 0) is 24.1 Å². The third kappa shape index (κ3) is 5.49. The first-order chi connectivity index (χ1) is 12.1. The van der Waals surface area contributed by atoms with Gasteiger partial charge in [-0.3, -0.25) is 15.1 Å². The molecule has 25 heavy (non-hydrogen) atoms. The Morgan fingerprint density at radius 3 is 2.52 bits per heavy atom. The van der Waals surface area contributed by atoms with Crippen molar-refractivity contribution in [2.75, 3.05) is 20.7 Å². The van der Waals surface area contributed by atoms with Crippen LogP contribution in [-0.2, 0) is 13.0 Å². The number of rotatable bonds is 7. The van der Waals surface area contributed by atoms with Crippen molar-refractivity contribution >= 4 is 11.6 Å². The number of nitro groups is 1. The Hall–Kier alpha value is -3.09. The highest BCUT2D eigenvalue weighted by atomic mass is 16.6. The molecule has 0 amide bonds. The number of hydrogen-bond acceptors (Lipinski definition) is 4. The van der Waals surface area contributed by atoms with E-state index in [0.29, 0.717) is 24.6 Å². The molecule has 0 radical (unpaired) electrons. The van der Waals surface area contributed by atoms with Crippen LogP contribution in [-0.4, -0.2) is 31.6 Å². The summed E-state index contributed by atoms with van der Waals surface area (Å²) in [5.74, 6) is 1.44. The van der Waals surface area contributed by atoms with Crippen LogP contribution in [0.5, 0.6) is 5.75 Å². The van der Waals surface area contributed by atoms with Crippen molar-refractivity contribution in [3.05, 3.63) is 69.8 Å². The zero-order valence-corrected chi connectivity index (χ0v) is 14.4. The second-order valence-corrected chi connectivity index (χ2v) is 5.34. The molecule has 7 nitrogen and oxygen atoms in total. The Kier molecular flexibility index (Phi) is 6.76. The first kappa shape index (κ1) is 18.3. The van der Waals surface area contributed by atoms with Gasteiger partial charge >= 0.3 is 0 Å². The molecular formula is C18H22N4O3. The molecule has 0 fully saturated rings. The molecule has 0 aliphatic rings. The van der Waals surface area contributed by atoms with Crippen molar-refractivity contribution in [2.24, 2.45) is 4.99 Å². The SMILES string of the molecule is CN=C(NCCc1ccc(OC)cc1)NCc1ccccc1[N+](=O)[O-]. The van der Waals surface area contributed by atoms with Crippen molar-refractivity contribution in [1.29, 1.82) is 0 Å². The topological polar surface area (TPSA) is 88.8 Å². The molecule has 2 aromatic rings. The average molecular weight is 342 g/mol. The molecule has 7 heteroatoms. The van der Waals surface area contributed by atoms with Gasteiger partial charge in [-0.2, -0.15) is 0 Å². The molecule has 2 rings (SSSR count). The Morgan fingerprint density at radius 1 is 1.16 bits per heavy atom. The smallest absolute Gasteiger partial charge is 0.274 e. The number of aliphatic imine (C=N–C) groups is 1. The molecule has 0 unspecified atom stereocenters. The number of nitrogens with one attached hydrogen (secondary N) is 2. The monoisotopic (exact) mass is 342 g/mol. The first-order valence-electron chi connectivity index (χ1n) is 7.93. The summed E-state index contributed by atoms with van der Waals surface area (Å²) >= 11 is 0. The summed E-state index contributed by atoms with van der Waals surface area (Å²) in [4.78, 5) is 14.8. The number of nitrogens with zero attached hydrogens (tertiary/aromatic N) is 2. The van der Waals surface area contributed by atoms with Gasteiger partial charge in [0, 0.05) is 31.8 Å². The number of guanidine groups is 1. The highest BCUT2D eigenvalue weighted by Crippen LogP contribution is 2.17. The van der Waals surface area contributed by atoms with Crippen LogP contribution in [0.15, 0.2) is 53.5 Å². The van der Waals surface area contributed by atoms with Gasteiger partial charge in [0.2, 0.25) is 0 Å². The van der Waals surface area contributed by atoms with Gasteiger partial charge in [0.1, 0.15) is 5.75 Å². The number of ether oxygens (including phenoxy) is 1. The van der Waals surface area contributed by atoms with Gasteiger partial charge in [0.25, 0.3) is 5.69 Å². The van der Waals surface area contributed by atoms with Crippen LogP contribution in [0.4, 0.5) is 5.69 Å². The maximum atomic E-state index is 11.0. The summed E-state index contributed by atoms with van der Waals surface area (Å²) in [7, 11) is 3.31. The Balaban J connectivity index is 1.83. The van der Waals surface area contributed by atoms with E-state index >= 15 is 0 Å². The Morgan fingerprint density at radius 2 is 1.88 bits per heavy atom. The second kappa shape index (κ2) is 9.27. The highest BCUT2D eigenvalue weighted by Gasteiger charge is 2.12. The second-order valence-electron chi connectivity index (χ2n) is 5.34. The normalized spacial score (nSPS) is 11.0. The van der Waals surface area contributed by atoms with Crippen molar-refractivity contribution < 1.29 is 9.66 Å². The summed E-state index contributed by atoms with van der Waals surface area (Å²) in [5.41, 5.74) is 1.90. The maximum absolute atomic E-state index is 11.0. The largest absolute Gasteiger partial charge is 0.497 e. The Labute approximate surface area is 146 Å². The molecule has 0 aliphatic heterocycles. The fourth-order valence-electron chi connectivity index (χ4n) is 2.36. The number of para-hydroxylation sites is 1. The molecule has 2 N–H and O–H groups in total. The molecule has 0 heterocycles. The van der Waals surface area contributed by atoms with E-state index in [1.807, 2.05) is 24.3 Å². The van der Waals surface area contributed by atoms with Gasteiger partial charge < -0.3 is 15.4 Å². The average Bonchev–Trinajstić information content (AvgIpc) is 2.65. The van der Waals surface area contributed by atoms with Crippen LogP contribution in [0.3, 0.4) is 0 Å². The quantitative estimate of drug-likeness (QED) is 0.349. The third-order valence-electron chi connectivity index (χ3n) is 3.72. The van der Waals surface area contributed by atoms with Gasteiger partial charge in [-0.1, -0.05) is 30.3 Å². The lowest BCUT2D eigenvalue weighted by Gasteiger charge is -2.12. The highest BCUT2D eigenvalue weighted by molar-refractivity contribution is 5.79. The number of hydrogen-bond donors (Lipinski definition) is 2. The van der Waals surface area contributed by atoms with E-state index in [9.17, 15) is 10.1 Å². The minimum Gasteiger partial charge on any atom is -0.497 e. The summed E-state index contributed by atoms with van der Waals surface area (Å²) in [5, 5.41) is 17.3. The van der Waals surface area contributed by atoms with Gasteiger partial charge in [-0.15, -0.1) is 0 Å². The van der Waals surface area contributed by atoms with Crippen LogP contribution in [0.25, 0.3) is 0 Å². The standard InChI is InChI=1S/C18H22N4O3/c1-19-18(20-12-11-14-7-9-16(25-2)10-8-14)21-13-15-5-3-4-6-17(15)22(23)24/h3-10H,11-13H2,1-2H3,(H2,19,20,21). The molecule has 0 saturated carbocycles. The van der Waals surface area contributed by atoms with Crippen molar-refractivity contribution in [3.8, 4) is 5.75 Å². The summed E-state index contributed by atoms with van der Waals surface area (Å²) in [6, 6.07) is 14.6. The van der Waals surface area contributed by atoms with Crippen LogP contribution < -0.4 is 15.4 Å². The summed E-state index contributed by atoms with van der Waals surface area (Å²) < 4.78 is 5.14. The van der Waals surface area contributed by atoms with Crippen molar-refractivity contribution in [2.45, 2.75) is 13.0 Å². The lowest BCUT2D eigenvalue weighted by molar-refractivity contribution is -0.385.